The molecule has 1 aromatic heterocycles. The molecule has 1 aliphatic heterocycles. The quantitative estimate of drug-likeness (QED) is 0.768. The van der Waals surface area contributed by atoms with Crippen molar-refractivity contribution < 1.29 is 14.1 Å². The molecule has 1 saturated heterocycles. The maximum atomic E-state index is 13.2. The second-order valence-corrected chi connectivity index (χ2v) is 9.58. The van der Waals surface area contributed by atoms with Gasteiger partial charge in [-0.25, -0.2) is 0 Å². The summed E-state index contributed by atoms with van der Waals surface area (Å²) in [6.07, 6.45) is 8.78. The molecule has 170 valence electrons. The number of rotatable bonds is 5. The van der Waals surface area contributed by atoms with E-state index in [1.807, 2.05) is 35.2 Å². The SMILES string of the molecule is O=C(N[C@H]1C[C@H](C(=O)N2CCCCC2)C[C@H]1c1nc(-c2ccccc2)no1)C1CCCC1. The van der Waals surface area contributed by atoms with Gasteiger partial charge in [-0.05, 0) is 44.9 Å². The highest BCUT2D eigenvalue weighted by molar-refractivity contribution is 5.81. The van der Waals surface area contributed by atoms with Gasteiger partial charge >= 0.3 is 0 Å². The third-order valence-corrected chi connectivity index (χ3v) is 7.42. The minimum Gasteiger partial charge on any atom is -0.352 e. The molecule has 2 saturated carbocycles. The molecule has 0 unspecified atom stereocenters. The number of likely N-dealkylation sites (tertiary alicyclic amines) is 1. The molecule has 2 heterocycles. The van der Waals surface area contributed by atoms with Crippen molar-refractivity contribution in [1.82, 2.24) is 20.4 Å². The third-order valence-electron chi connectivity index (χ3n) is 7.42. The summed E-state index contributed by atoms with van der Waals surface area (Å²) in [6, 6.07) is 9.59. The summed E-state index contributed by atoms with van der Waals surface area (Å²) in [5, 5.41) is 7.46. The monoisotopic (exact) mass is 436 g/mol. The molecule has 1 N–H and O–H groups in total. The van der Waals surface area contributed by atoms with E-state index in [4.69, 9.17) is 4.52 Å². The topological polar surface area (TPSA) is 88.3 Å². The maximum absolute atomic E-state index is 13.2. The number of nitrogens with zero attached hydrogens (tertiary/aromatic N) is 3. The molecule has 3 aliphatic rings. The van der Waals surface area contributed by atoms with Gasteiger partial charge in [0, 0.05) is 36.5 Å². The van der Waals surface area contributed by atoms with Gasteiger partial charge in [0.15, 0.2) is 0 Å². The Morgan fingerprint density at radius 3 is 2.44 bits per heavy atom. The first-order chi connectivity index (χ1) is 15.7. The molecule has 2 aliphatic carbocycles. The van der Waals surface area contributed by atoms with E-state index in [1.165, 1.54) is 6.42 Å². The number of benzene rings is 1. The molecule has 7 heteroatoms. The van der Waals surface area contributed by atoms with Crippen LogP contribution in [0.2, 0.25) is 0 Å². The van der Waals surface area contributed by atoms with Crippen molar-refractivity contribution in [2.75, 3.05) is 13.1 Å². The van der Waals surface area contributed by atoms with Crippen LogP contribution in [0.3, 0.4) is 0 Å². The molecule has 0 radical (unpaired) electrons. The van der Waals surface area contributed by atoms with Crippen molar-refractivity contribution in [3.8, 4) is 11.4 Å². The first-order valence-corrected chi connectivity index (χ1v) is 12.2. The zero-order chi connectivity index (χ0) is 21.9. The number of aromatic nitrogens is 2. The lowest BCUT2D eigenvalue weighted by Gasteiger charge is -2.29. The van der Waals surface area contributed by atoms with E-state index >= 15 is 0 Å². The highest BCUT2D eigenvalue weighted by atomic mass is 16.5. The average molecular weight is 437 g/mol. The van der Waals surface area contributed by atoms with Crippen molar-refractivity contribution in [3.05, 3.63) is 36.2 Å². The van der Waals surface area contributed by atoms with Crippen molar-refractivity contribution in [2.45, 2.75) is 69.7 Å². The van der Waals surface area contributed by atoms with Gasteiger partial charge < -0.3 is 14.7 Å². The van der Waals surface area contributed by atoms with Crippen molar-refractivity contribution >= 4 is 11.8 Å². The van der Waals surface area contributed by atoms with Crippen molar-refractivity contribution in [3.63, 3.8) is 0 Å². The van der Waals surface area contributed by atoms with E-state index in [9.17, 15) is 9.59 Å². The highest BCUT2D eigenvalue weighted by Crippen LogP contribution is 2.40. The van der Waals surface area contributed by atoms with Crippen LogP contribution in [0.4, 0.5) is 0 Å². The lowest BCUT2D eigenvalue weighted by molar-refractivity contribution is -0.136. The predicted octanol–water partition coefficient (Wildman–Crippen LogP) is 3.92. The summed E-state index contributed by atoms with van der Waals surface area (Å²) >= 11 is 0. The van der Waals surface area contributed by atoms with Gasteiger partial charge in [0.1, 0.15) is 0 Å². The Kier molecular flexibility index (Phi) is 6.23. The number of hydrogen-bond donors (Lipinski definition) is 1. The molecule has 3 fully saturated rings. The predicted molar refractivity (Wildman–Crippen MR) is 120 cm³/mol. The Balaban J connectivity index is 1.35. The van der Waals surface area contributed by atoms with Crippen LogP contribution in [0.5, 0.6) is 0 Å². The minimum atomic E-state index is -0.147. The Bertz CT molecular complexity index is 932. The number of nitrogens with one attached hydrogen (secondary N) is 1. The summed E-state index contributed by atoms with van der Waals surface area (Å²) in [7, 11) is 0. The van der Waals surface area contributed by atoms with E-state index in [1.54, 1.807) is 0 Å². The molecule has 0 bridgehead atoms. The van der Waals surface area contributed by atoms with Crippen LogP contribution in [-0.2, 0) is 9.59 Å². The van der Waals surface area contributed by atoms with Gasteiger partial charge in [-0.1, -0.05) is 48.3 Å². The molecular weight excluding hydrogens is 404 g/mol. The van der Waals surface area contributed by atoms with Gasteiger partial charge in [0.05, 0.1) is 5.92 Å². The first-order valence-electron chi connectivity index (χ1n) is 12.2. The van der Waals surface area contributed by atoms with Gasteiger partial charge in [-0.2, -0.15) is 4.98 Å². The van der Waals surface area contributed by atoms with Crippen LogP contribution in [0, 0.1) is 11.8 Å². The Hall–Kier alpha value is -2.70. The molecule has 5 rings (SSSR count). The standard InChI is InChI=1S/C25H32N4O3/c30-23(18-11-5-6-12-18)26-21-16-19(25(31)29-13-7-2-8-14-29)15-20(21)24-27-22(28-32-24)17-9-3-1-4-10-17/h1,3-4,9-10,18-21H,2,5-8,11-16H2,(H,26,30)/t19-,20-,21+/m1/s1. The normalized spacial score (nSPS) is 26.4. The van der Waals surface area contributed by atoms with Crippen LogP contribution in [0.1, 0.15) is 69.6 Å². The van der Waals surface area contributed by atoms with Gasteiger partial charge in [-0.3, -0.25) is 9.59 Å². The van der Waals surface area contributed by atoms with E-state index in [2.05, 4.69) is 15.5 Å². The maximum Gasteiger partial charge on any atom is 0.232 e. The first kappa shape index (κ1) is 21.2. The summed E-state index contributed by atoms with van der Waals surface area (Å²) in [4.78, 5) is 32.8. The van der Waals surface area contributed by atoms with Crippen LogP contribution in [0.25, 0.3) is 11.4 Å². The summed E-state index contributed by atoms with van der Waals surface area (Å²) in [5.74, 6) is 1.25. The van der Waals surface area contributed by atoms with Crippen molar-refractivity contribution in [1.29, 1.82) is 0 Å². The number of carbonyl (C=O) groups is 2. The molecule has 0 spiro atoms. The summed E-state index contributed by atoms with van der Waals surface area (Å²) < 4.78 is 5.68. The highest BCUT2D eigenvalue weighted by Gasteiger charge is 2.44. The zero-order valence-electron chi connectivity index (χ0n) is 18.5. The van der Waals surface area contributed by atoms with E-state index in [0.29, 0.717) is 24.6 Å². The Labute approximate surface area is 188 Å². The lowest BCUT2D eigenvalue weighted by atomic mass is 10.0. The Morgan fingerprint density at radius 1 is 0.938 bits per heavy atom. The zero-order valence-corrected chi connectivity index (χ0v) is 18.5. The van der Waals surface area contributed by atoms with E-state index in [-0.39, 0.29) is 35.6 Å². The smallest absolute Gasteiger partial charge is 0.232 e. The largest absolute Gasteiger partial charge is 0.352 e. The van der Waals surface area contributed by atoms with Crippen LogP contribution < -0.4 is 5.32 Å². The number of carbonyl (C=O) groups excluding carboxylic acids is 2. The average Bonchev–Trinajstić information content (AvgIpc) is 3.60. The third kappa shape index (κ3) is 4.43. The number of piperidine rings is 1. The fourth-order valence-corrected chi connectivity index (χ4v) is 5.62. The van der Waals surface area contributed by atoms with Gasteiger partial charge in [0.2, 0.25) is 23.5 Å². The van der Waals surface area contributed by atoms with Crippen LogP contribution >= 0.6 is 0 Å². The van der Waals surface area contributed by atoms with Crippen molar-refractivity contribution in [2.24, 2.45) is 11.8 Å². The molecule has 7 nitrogen and oxygen atoms in total. The van der Waals surface area contributed by atoms with E-state index < -0.39 is 0 Å². The van der Waals surface area contributed by atoms with Gasteiger partial charge in [0.25, 0.3) is 0 Å². The minimum absolute atomic E-state index is 0.0926. The van der Waals surface area contributed by atoms with Crippen LogP contribution in [0.15, 0.2) is 34.9 Å². The molecule has 2 aromatic rings. The van der Waals surface area contributed by atoms with Crippen LogP contribution in [-0.4, -0.2) is 46.0 Å². The second-order valence-electron chi connectivity index (χ2n) is 9.58. The fourth-order valence-electron chi connectivity index (χ4n) is 5.62. The lowest BCUT2D eigenvalue weighted by Crippen LogP contribution is -2.41. The Morgan fingerprint density at radius 2 is 1.69 bits per heavy atom. The molecule has 2 amide bonds. The number of hydrogen-bond acceptors (Lipinski definition) is 5. The molecular formula is C25H32N4O3. The second kappa shape index (κ2) is 9.43. The summed E-state index contributed by atoms with van der Waals surface area (Å²) in [5.41, 5.74) is 0.896. The fraction of sp³-hybridized carbons (Fsp3) is 0.600. The van der Waals surface area contributed by atoms with E-state index in [0.717, 1.165) is 57.2 Å². The number of amides is 2. The molecule has 32 heavy (non-hydrogen) atoms. The molecule has 1 aromatic carbocycles. The summed E-state index contributed by atoms with van der Waals surface area (Å²) in [6.45, 7) is 1.69. The molecule has 3 atom stereocenters. The van der Waals surface area contributed by atoms with Gasteiger partial charge in [-0.15, -0.1) is 0 Å².